The van der Waals surface area contributed by atoms with Gasteiger partial charge in [-0.2, -0.15) is 0 Å². The van der Waals surface area contributed by atoms with E-state index in [2.05, 4.69) is 6.92 Å². The van der Waals surface area contributed by atoms with Crippen LogP contribution in [0.25, 0.3) is 0 Å². The summed E-state index contributed by atoms with van der Waals surface area (Å²) in [6, 6.07) is 7.94. The van der Waals surface area contributed by atoms with Crippen LogP contribution in [0.2, 0.25) is 0 Å². The van der Waals surface area contributed by atoms with E-state index in [0.29, 0.717) is 32.7 Å². The van der Waals surface area contributed by atoms with Crippen molar-refractivity contribution in [2.75, 3.05) is 37.6 Å². The second kappa shape index (κ2) is 8.56. The SMILES string of the molecule is CCc1ccccc1N1CC(C(=O)N2CCN(C(=O)C3CCCC3)CC2)CC1=O. The van der Waals surface area contributed by atoms with Crippen LogP contribution in [0.5, 0.6) is 0 Å². The normalized spacial score (nSPS) is 23.1. The summed E-state index contributed by atoms with van der Waals surface area (Å²) in [5.74, 6) is 0.261. The number of amides is 3. The summed E-state index contributed by atoms with van der Waals surface area (Å²) in [6.07, 6.45) is 5.46. The molecule has 0 radical (unpaired) electrons. The molecule has 0 N–H and O–H groups in total. The van der Waals surface area contributed by atoms with Crippen LogP contribution in [0.4, 0.5) is 5.69 Å². The molecule has 2 aliphatic heterocycles. The van der Waals surface area contributed by atoms with Crippen LogP contribution in [-0.4, -0.2) is 60.2 Å². The highest BCUT2D eigenvalue weighted by atomic mass is 16.2. The van der Waals surface area contributed by atoms with Crippen LogP contribution in [0.3, 0.4) is 0 Å². The molecule has 1 saturated carbocycles. The number of anilines is 1. The van der Waals surface area contributed by atoms with E-state index in [0.717, 1.165) is 43.4 Å². The predicted molar refractivity (Wildman–Crippen MR) is 111 cm³/mol. The maximum atomic E-state index is 13.1. The molecule has 2 heterocycles. The Balaban J connectivity index is 1.35. The highest BCUT2D eigenvalue weighted by Crippen LogP contribution is 2.30. The summed E-state index contributed by atoms with van der Waals surface area (Å²) in [4.78, 5) is 43.9. The van der Waals surface area contributed by atoms with Gasteiger partial charge in [0.2, 0.25) is 17.7 Å². The van der Waals surface area contributed by atoms with Crippen LogP contribution >= 0.6 is 0 Å². The second-order valence-electron chi connectivity index (χ2n) is 8.52. The summed E-state index contributed by atoms with van der Waals surface area (Å²) in [5.41, 5.74) is 2.07. The number of hydrogen-bond donors (Lipinski definition) is 0. The summed E-state index contributed by atoms with van der Waals surface area (Å²) < 4.78 is 0. The Morgan fingerprint density at radius 3 is 2.14 bits per heavy atom. The first-order valence-corrected chi connectivity index (χ1v) is 11.0. The van der Waals surface area contributed by atoms with Gasteiger partial charge in [-0.3, -0.25) is 14.4 Å². The van der Waals surface area contributed by atoms with Gasteiger partial charge >= 0.3 is 0 Å². The highest BCUT2D eigenvalue weighted by molar-refractivity contribution is 6.00. The topological polar surface area (TPSA) is 60.9 Å². The quantitative estimate of drug-likeness (QED) is 0.784. The Morgan fingerprint density at radius 2 is 1.52 bits per heavy atom. The summed E-state index contributed by atoms with van der Waals surface area (Å²) >= 11 is 0. The average molecular weight is 398 g/mol. The largest absolute Gasteiger partial charge is 0.339 e. The van der Waals surface area contributed by atoms with Gasteiger partial charge in [0.15, 0.2) is 0 Å². The summed E-state index contributed by atoms with van der Waals surface area (Å²) in [5, 5.41) is 0. The third kappa shape index (κ3) is 4.02. The van der Waals surface area contributed by atoms with Crippen molar-refractivity contribution in [3.05, 3.63) is 29.8 Å². The fourth-order valence-electron chi connectivity index (χ4n) is 5.02. The van der Waals surface area contributed by atoms with E-state index in [4.69, 9.17) is 0 Å². The van der Waals surface area contributed by atoms with Crippen LogP contribution in [-0.2, 0) is 20.8 Å². The van der Waals surface area contributed by atoms with Gasteiger partial charge in [0.05, 0.1) is 5.92 Å². The molecule has 156 valence electrons. The maximum absolute atomic E-state index is 13.1. The molecule has 1 aromatic rings. The van der Waals surface area contributed by atoms with E-state index < -0.39 is 0 Å². The lowest BCUT2D eigenvalue weighted by molar-refractivity contribution is -0.143. The van der Waals surface area contributed by atoms with Crippen LogP contribution < -0.4 is 4.90 Å². The number of benzene rings is 1. The first kappa shape index (κ1) is 19.9. The molecule has 0 aromatic heterocycles. The number of carbonyl (C=O) groups is 3. The molecule has 0 bridgehead atoms. The summed E-state index contributed by atoms with van der Waals surface area (Å²) in [6.45, 7) is 4.92. The van der Waals surface area contributed by atoms with Crippen LogP contribution in [0.15, 0.2) is 24.3 Å². The van der Waals surface area contributed by atoms with Crippen molar-refractivity contribution in [1.29, 1.82) is 0 Å². The average Bonchev–Trinajstić information content (AvgIpc) is 3.43. The van der Waals surface area contributed by atoms with E-state index in [1.807, 2.05) is 34.1 Å². The lowest BCUT2D eigenvalue weighted by Gasteiger charge is -2.37. The molecule has 3 amide bonds. The Kier molecular flexibility index (Phi) is 5.88. The molecule has 3 fully saturated rings. The Morgan fingerprint density at radius 1 is 0.931 bits per heavy atom. The van der Waals surface area contributed by atoms with Gasteiger partial charge in [-0.05, 0) is 30.9 Å². The number of rotatable bonds is 4. The van der Waals surface area contributed by atoms with E-state index in [9.17, 15) is 14.4 Å². The van der Waals surface area contributed by atoms with Crippen molar-refractivity contribution in [1.82, 2.24) is 9.80 Å². The van der Waals surface area contributed by atoms with Crippen molar-refractivity contribution in [2.24, 2.45) is 11.8 Å². The van der Waals surface area contributed by atoms with Crippen molar-refractivity contribution in [3.8, 4) is 0 Å². The van der Waals surface area contributed by atoms with Crippen LogP contribution in [0, 0.1) is 11.8 Å². The van der Waals surface area contributed by atoms with Crippen molar-refractivity contribution >= 4 is 23.4 Å². The number of carbonyl (C=O) groups excluding carboxylic acids is 3. The minimum Gasteiger partial charge on any atom is -0.339 e. The molecule has 0 spiro atoms. The van der Waals surface area contributed by atoms with Gasteiger partial charge in [0, 0.05) is 50.7 Å². The molecule has 1 aliphatic carbocycles. The fourth-order valence-corrected chi connectivity index (χ4v) is 5.02. The van der Waals surface area contributed by atoms with Gasteiger partial charge in [0.25, 0.3) is 0 Å². The van der Waals surface area contributed by atoms with Gasteiger partial charge in [-0.25, -0.2) is 0 Å². The number of nitrogens with zero attached hydrogens (tertiary/aromatic N) is 3. The molecule has 6 heteroatoms. The lowest BCUT2D eigenvalue weighted by Crippen LogP contribution is -2.53. The molecule has 1 unspecified atom stereocenters. The third-order valence-corrected chi connectivity index (χ3v) is 6.75. The number of para-hydroxylation sites is 1. The number of aryl methyl sites for hydroxylation is 1. The predicted octanol–water partition coefficient (Wildman–Crippen LogP) is 2.46. The molecule has 2 saturated heterocycles. The maximum Gasteiger partial charge on any atom is 0.228 e. The fraction of sp³-hybridized carbons (Fsp3) is 0.609. The number of hydrogen-bond acceptors (Lipinski definition) is 3. The summed E-state index contributed by atoms with van der Waals surface area (Å²) in [7, 11) is 0. The molecule has 3 aliphatic rings. The van der Waals surface area contributed by atoms with Crippen molar-refractivity contribution in [3.63, 3.8) is 0 Å². The smallest absolute Gasteiger partial charge is 0.228 e. The molecule has 4 rings (SSSR count). The zero-order valence-corrected chi connectivity index (χ0v) is 17.3. The molecule has 1 atom stereocenters. The minimum absolute atomic E-state index is 0.0271. The Labute approximate surface area is 172 Å². The minimum atomic E-state index is -0.288. The van der Waals surface area contributed by atoms with Gasteiger partial charge in [0.1, 0.15) is 0 Å². The van der Waals surface area contributed by atoms with Gasteiger partial charge < -0.3 is 14.7 Å². The molecule has 1 aromatic carbocycles. The zero-order valence-electron chi connectivity index (χ0n) is 17.3. The highest BCUT2D eigenvalue weighted by Gasteiger charge is 2.39. The third-order valence-electron chi connectivity index (χ3n) is 6.75. The van der Waals surface area contributed by atoms with E-state index >= 15 is 0 Å². The zero-order chi connectivity index (χ0) is 20.4. The van der Waals surface area contributed by atoms with E-state index in [-0.39, 0.29) is 36.0 Å². The Bertz CT molecular complexity index is 779. The lowest BCUT2D eigenvalue weighted by atomic mass is 10.0. The van der Waals surface area contributed by atoms with Gasteiger partial charge in [-0.1, -0.05) is 38.0 Å². The monoisotopic (exact) mass is 397 g/mol. The molecule has 6 nitrogen and oxygen atoms in total. The van der Waals surface area contributed by atoms with E-state index in [1.165, 1.54) is 0 Å². The van der Waals surface area contributed by atoms with Crippen molar-refractivity contribution < 1.29 is 14.4 Å². The first-order valence-electron chi connectivity index (χ1n) is 11.0. The van der Waals surface area contributed by atoms with Gasteiger partial charge in [-0.15, -0.1) is 0 Å². The standard InChI is InChI=1S/C23H31N3O3/c1-2-17-7-5-6-10-20(17)26-16-19(15-21(26)27)23(29)25-13-11-24(12-14-25)22(28)18-8-3-4-9-18/h5-7,10,18-19H,2-4,8-9,11-16H2,1H3. The van der Waals surface area contributed by atoms with E-state index in [1.54, 1.807) is 4.90 Å². The van der Waals surface area contributed by atoms with Crippen molar-refractivity contribution in [2.45, 2.75) is 45.4 Å². The first-order chi connectivity index (χ1) is 14.1. The van der Waals surface area contributed by atoms with Crippen LogP contribution in [0.1, 0.15) is 44.6 Å². The molecular weight excluding hydrogens is 366 g/mol. The number of piperazine rings is 1. The molecule has 29 heavy (non-hydrogen) atoms. The Hall–Kier alpha value is -2.37. The second-order valence-corrected chi connectivity index (χ2v) is 8.52. The molecular formula is C23H31N3O3.